The number of nitro benzene ring substituents is 1. The zero-order valence-electron chi connectivity index (χ0n) is 15.1. The fraction of sp³-hybridized carbons (Fsp3) is 0.474. The molecule has 1 aromatic rings. The van der Waals surface area contributed by atoms with Crippen LogP contribution in [0.15, 0.2) is 30.3 Å². The van der Waals surface area contributed by atoms with E-state index in [0.717, 1.165) is 31.8 Å². The molecule has 7 heteroatoms. The Morgan fingerprint density at radius 2 is 1.92 bits per heavy atom. The minimum absolute atomic E-state index is 0.0993. The van der Waals surface area contributed by atoms with Gasteiger partial charge in [-0.05, 0) is 31.9 Å². The highest BCUT2D eigenvalue weighted by Crippen LogP contribution is 2.22. The molecular formula is C19H24N2O5. The number of nitro groups is 1. The number of ether oxygens (including phenoxy) is 1. The van der Waals surface area contributed by atoms with E-state index >= 15 is 0 Å². The second-order valence-electron chi connectivity index (χ2n) is 6.47. The lowest BCUT2D eigenvalue weighted by molar-refractivity contribution is -0.385. The molecule has 1 aromatic carbocycles. The van der Waals surface area contributed by atoms with E-state index in [9.17, 15) is 19.7 Å². The Bertz CT molecular complexity index is 695. The second-order valence-corrected chi connectivity index (χ2v) is 6.47. The fourth-order valence-electron chi connectivity index (χ4n) is 3.15. The van der Waals surface area contributed by atoms with Crippen LogP contribution in [0.2, 0.25) is 0 Å². The largest absolute Gasteiger partial charge is 0.449 e. The van der Waals surface area contributed by atoms with Gasteiger partial charge in [0.05, 0.1) is 10.5 Å². The number of nitrogens with zero attached hydrogens (tertiary/aromatic N) is 2. The molecule has 1 aliphatic carbocycles. The highest BCUT2D eigenvalue weighted by molar-refractivity contribution is 5.90. The molecule has 0 radical (unpaired) electrons. The van der Waals surface area contributed by atoms with Gasteiger partial charge in [-0.25, -0.2) is 4.79 Å². The summed E-state index contributed by atoms with van der Waals surface area (Å²) in [7, 11) is 1.74. The fourth-order valence-corrected chi connectivity index (χ4v) is 3.15. The van der Waals surface area contributed by atoms with E-state index in [1.807, 2.05) is 0 Å². The van der Waals surface area contributed by atoms with Gasteiger partial charge >= 0.3 is 5.97 Å². The quantitative estimate of drug-likeness (QED) is 0.336. The van der Waals surface area contributed by atoms with Gasteiger partial charge in [0.25, 0.3) is 11.6 Å². The molecule has 1 aliphatic rings. The second kappa shape index (κ2) is 9.12. The van der Waals surface area contributed by atoms with Crippen molar-refractivity contribution in [2.75, 3.05) is 7.05 Å². The lowest BCUT2D eigenvalue weighted by Crippen LogP contribution is -2.44. The Kier molecular flexibility index (Phi) is 6.89. The van der Waals surface area contributed by atoms with Crippen LogP contribution in [0.25, 0.3) is 6.08 Å². The molecule has 1 fully saturated rings. The van der Waals surface area contributed by atoms with Crippen LogP contribution in [0.5, 0.6) is 0 Å². The summed E-state index contributed by atoms with van der Waals surface area (Å²) in [4.78, 5) is 36.5. The van der Waals surface area contributed by atoms with Crippen molar-refractivity contribution in [2.24, 2.45) is 0 Å². The van der Waals surface area contributed by atoms with Gasteiger partial charge in [-0.2, -0.15) is 0 Å². The Labute approximate surface area is 152 Å². The molecule has 1 amide bonds. The van der Waals surface area contributed by atoms with E-state index in [1.54, 1.807) is 31.0 Å². The van der Waals surface area contributed by atoms with Gasteiger partial charge in [0.15, 0.2) is 6.10 Å². The molecule has 1 saturated carbocycles. The molecule has 0 saturated heterocycles. The number of carbonyl (C=O) groups is 2. The van der Waals surface area contributed by atoms with Crippen molar-refractivity contribution in [1.29, 1.82) is 0 Å². The van der Waals surface area contributed by atoms with Gasteiger partial charge < -0.3 is 9.64 Å². The van der Waals surface area contributed by atoms with Gasteiger partial charge in [-0.3, -0.25) is 14.9 Å². The molecule has 0 aromatic heterocycles. The van der Waals surface area contributed by atoms with E-state index in [4.69, 9.17) is 4.74 Å². The summed E-state index contributed by atoms with van der Waals surface area (Å²) in [6.07, 6.45) is 6.88. The van der Waals surface area contributed by atoms with E-state index in [2.05, 4.69) is 0 Å². The first-order valence-corrected chi connectivity index (χ1v) is 8.79. The average Bonchev–Trinajstić information content (AvgIpc) is 2.66. The van der Waals surface area contributed by atoms with Crippen molar-refractivity contribution < 1.29 is 19.2 Å². The predicted octanol–water partition coefficient (Wildman–Crippen LogP) is 3.33. The summed E-state index contributed by atoms with van der Waals surface area (Å²) in [5, 5.41) is 11.0. The first kappa shape index (κ1) is 19.6. The Morgan fingerprint density at radius 3 is 2.58 bits per heavy atom. The van der Waals surface area contributed by atoms with Gasteiger partial charge in [-0.15, -0.1) is 0 Å². The number of esters is 1. The smallest absolute Gasteiger partial charge is 0.331 e. The van der Waals surface area contributed by atoms with E-state index in [-0.39, 0.29) is 17.6 Å². The Morgan fingerprint density at radius 1 is 1.27 bits per heavy atom. The predicted molar refractivity (Wildman–Crippen MR) is 97.3 cm³/mol. The van der Waals surface area contributed by atoms with Crippen molar-refractivity contribution in [2.45, 2.75) is 51.2 Å². The summed E-state index contributed by atoms with van der Waals surface area (Å²) in [5.41, 5.74) is 0.199. The van der Waals surface area contributed by atoms with Crippen molar-refractivity contribution in [3.63, 3.8) is 0 Å². The number of likely N-dealkylation sites (N-methyl/N-ethyl adjacent to an activating group) is 1. The topological polar surface area (TPSA) is 89.7 Å². The summed E-state index contributed by atoms with van der Waals surface area (Å²) in [6.45, 7) is 1.54. The first-order chi connectivity index (χ1) is 12.4. The molecule has 2 rings (SSSR count). The number of benzene rings is 1. The van der Waals surface area contributed by atoms with Crippen LogP contribution in [-0.4, -0.2) is 40.9 Å². The number of amides is 1. The molecule has 0 bridgehead atoms. The maximum atomic E-state index is 12.4. The molecule has 0 spiro atoms. The third-order valence-electron chi connectivity index (χ3n) is 4.64. The zero-order chi connectivity index (χ0) is 19.1. The van der Waals surface area contributed by atoms with Crippen LogP contribution >= 0.6 is 0 Å². The summed E-state index contributed by atoms with van der Waals surface area (Å²) < 4.78 is 5.16. The van der Waals surface area contributed by atoms with E-state index in [0.29, 0.717) is 5.56 Å². The van der Waals surface area contributed by atoms with Crippen molar-refractivity contribution >= 4 is 23.6 Å². The van der Waals surface area contributed by atoms with Crippen LogP contribution in [0.3, 0.4) is 0 Å². The van der Waals surface area contributed by atoms with Gasteiger partial charge in [0.1, 0.15) is 0 Å². The molecule has 7 nitrogen and oxygen atoms in total. The van der Waals surface area contributed by atoms with Crippen LogP contribution < -0.4 is 0 Å². The number of para-hydroxylation sites is 1. The molecule has 1 atom stereocenters. The molecule has 0 aliphatic heterocycles. The molecular weight excluding hydrogens is 336 g/mol. The lowest BCUT2D eigenvalue weighted by Gasteiger charge is -2.32. The van der Waals surface area contributed by atoms with Gasteiger partial charge in [-0.1, -0.05) is 31.4 Å². The number of hydrogen-bond donors (Lipinski definition) is 0. The van der Waals surface area contributed by atoms with Crippen molar-refractivity contribution in [1.82, 2.24) is 4.90 Å². The number of hydrogen-bond acceptors (Lipinski definition) is 5. The SMILES string of the molecule is C[C@H](OC(=O)/C=C/c1ccccc1[N+](=O)[O-])C(=O)N(C)C1CCCCC1. The van der Waals surface area contributed by atoms with Crippen LogP contribution in [0, 0.1) is 10.1 Å². The van der Waals surface area contributed by atoms with E-state index < -0.39 is 17.0 Å². The lowest BCUT2D eigenvalue weighted by atomic mass is 9.94. The Hall–Kier alpha value is -2.70. The highest BCUT2D eigenvalue weighted by Gasteiger charge is 2.27. The van der Waals surface area contributed by atoms with Gasteiger partial charge in [0.2, 0.25) is 0 Å². The minimum atomic E-state index is -0.898. The summed E-state index contributed by atoms with van der Waals surface area (Å²) >= 11 is 0. The Balaban J connectivity index is 1.94. The van der Waals surface area contributed by atoms with Gasteiger partial charge in [0, 0.05) is 25.2 Å². The number of rotatable bonds is 6. The van der Waals surface area contributed by atoms with E-state index in [1.165, 1.54) is 24.6 Å². The average molecular weight is 360 g/mol. The third kappa shape index (κ3) is 5.15. The van der Waals surface area contributed by atoms with Crippen LogP contribution in [-0.2, 0) is 14.3 Å². The normalized spacial score (nSPS) is 16.2. The maximum Gasteiger partial charge on any atom is 0.331 e. The van der Waals surface area contributed by atoms with Crippen molar-refractivity contribution in [3.8, 4) is 0 Å². The standard InChI is InChI=1S/C19H24N2O5/c1-14(19(23)20(2)16-9-4-3-5-10-16)26-18(22)13-12-15-8-6-7-11-17(15)21(24)25/h6-8,11-14,16H,3-5,9-10H2,1-2H3/b13-12+/t14-/m0/s1. The summed E-state index contributed by atoms with van der Waals surface area (Å²) in [6, 6.07) is 6.28. The van der Waals surface area contributed by atoms with Crippen LogP contribution in [0.4, 0.5) is 5.69 Å². The minimum Gasteiger partial charge on any atom is -0.449 e. The highest BCUT2D eigenvalue weighted by atomic mass is 16.6. The molecule has 140 valence electrons. The van der Waals surface area contributed by atoms with Crippen molar-refractivity contribution in [3.05, 3.63) is 46.0 Å². The molecule has 0 unspecified atom stereocenters. The zero-order valence-corrected chi connectivity index (χ0v) is 15.1. The third-order valence-corrected chi connectivity index (χ3v) is 4.64. The van der Waals surface area contributed by atoms with Crippen LogP contribution in [0.1, 0.15) is 44.6 Å². The molecule has 0 heterocycles. The summed E-state index contributed by atoms with van der Waals surface area (Å²) in [5.74, 6) is -0.939. The monoisotopic (exact) mass is 360 g/mol. The number of carbonyl (C=O) groups excluding carboxylic acids is 2. The molecule has 26 heavy (non-hydrogen) atoms. The molecule has 0 N–H and O–H groups in total. The first-order valence-electron chi connectivity index (χ1n) is 8.79. The maximum absolute atomic E-state index is 12.4.